The van der Waals surface area contributed by atoms with Crippen molar-refractivity contribution in [1.82, 2.24) is 14.9 Å². The topological polar surface area (TPSA) is 28.8 Å². The lowest BCUT2D eigenvalue weighted by Crippen LogP contribution is -2.07. The highest BCUT2D eigenvalue weighted by atomic mass is 15.4. The molecule has 0 bridgehead atoms. The third kappa shape index (κ3) is 0.862. The highest BCUT2D eigenvalue weighted by Crippen LogP contribution is 2.43. The molecule has 0 saturated carbocycles. The van der Waals surface area contributed by atoms with Crippen LogP contribution in [0.2, 0.25) is 0 Å². The zero-order valence-corrected chi connectivity index (χ0v) is 6.85. The van der Waals surface area contributed by atoms with Gasteiger partial charge in [0.2, 0.25) is 0 Å². The van der Waals surface area contributed by atoms with Crippen molar-refractivity contribution in [3.63, 3.8) is 0 Å². The normalized spacial score (nSPS) is 37.8. The first-order valence-corrected chi connectivity index (χ1v) is 4.47. The molecule has 3 heterocycles. The van der Waals surface area contributed by atoms with E-state index in [0.29, 0.717) is 6.04 Å². The third-order valence-corrected chi connectivity index (χ3v) is 2.88. The minimum Gasteiger partial charge on any atom is -0.289 e. The van der Waals surface area contributed by atoms with Gasteiger partial charge in [-0.2, -0.15) is 0 Å². The molecule has 62 valence electrons. The van der Waals surface area contributed by atoms with E-state index in [1.54, 1.807) is 6.33 Å². The number of hydrogen-bond acceptors (Lipinski definition) is 3. The van der Waals surface area contributed by atoms with Gasteiger partial charge in [0.05, 0.1) is 11.7 Å². The molecule has 1 aromatic heterocycles. The van der Waals surface area contributed by atoms with E-state index in [4.69, 9.17) is 0 Å². The molecule has 3 nitrogen and oxygen atoms in total. The standard InChI is InChI=1S/C9H11N3/c1-2-9(12-5-7(1)12)8-3-4-10-6-11-8/h3-4,6-7,9H,1-2,5H2. The molecule has 3 heteroatoms. The van der Waals surface area contributed by atoms with Crippen molar-refractivity contribution in [3.8, 4) is 0 Å². The zero-order valence-electron chi connectivity index (χ0n) is 6.85. The maximum absolute atomic E-state index is 4.29. The van der Waals surface area contributed by atoms with Crippen LogP contribution in [0, 0.1) is 0 Å². The summed E-state index contributed by atoms with van der Waals surface area (Å²) in [5.41, 5.74) is 1.20. The highest BCUT2D eigenvalue weighted by Gasteiger charge is 2.46. The molecule has 0 aromatic carbocycles. The molecule has 3 rings (SSSR count). The lowest BCUT2D eigenvalue weighted by molar-refractivity contribution is 0.429. The van der Waals surface area contributed by atoms with Crippen molar-refractivity contribution in [2.45, 2.75) is 24.9 Å². The van der Waals surface area contributed by atoms with E-state index in [9.17, 15) is 0 Å². The molecule has 3 atom stereocenters. The van der Waals surface area contributed by atoms with Gasteiger partial charge in [-0.3, -0.25) is 4.90 Å². The molecule has 2 fully saturated rings. The summed E-state index contributed by atoms with van der Waals surface area (Å²) < 4.78 is 0. The summed E-state index contributed by atoms with van der Waals surface area (Å²) in [6, 6.07) is 3.51. The second-order valence-corrected chi connectivity index (χ2v) is 3.58. The SMILES string of the molecule is c1cc(C2CCC3CN32)ncn1. The third-order valence-electron chi connectivity index (χ3n) is 2.88. The van der Waals surface area contributed by atoms with Crippen LogP contribution >= 0.6 is 0 Å². The minimum absolute atomic E-state index is 0.595. The van der Waals surface area contributed by atoms with E-state index < -0.39 is 0 Å². The van der Waals surface area contributed by atoms with Gasteiger partial charge in [0.1, 0.15) is 6.33 Å². The summed E-state index contributed by atoms with van der Waals surface area (Å²) in [4.78, 5) is 10.7. The van der Waals surface area contributed by atoms with Crippen molar-refractivity contribution in [2.75, 3.05) is 6.54 Å². The molecule has 0 radical (unpaired) electrons. The van der Waals surface area contributed by atoms with E-state index in [1.807, 2.05) is 12.3 Å². The quantitative estimate of drug-likeness (QED) is 0.575. The predicted molar refractivity (Wildman–Crippen MR) is 44.5 cm³/mol. The van der Waals surface area contributed by atoms with Crippen molar-refractivity contribution < 1.29 is 0 Å². The van der Waals surface area contributed by atoms with Crippen LogP contribution in [-0.2, 0) is 0 Å². The number of rotatable bonds is 1. The monoisotopic (exact) mass is 161 g/mol. The molecule has 2 aliphatic rings. The fraction of sp³-hybridized carbons (Fsp3) is 0.556. The van der Waals surface area contributed by atoms with Gasteiger partial charge in [-0.25, -0.2) is 9.97 Å². The molecule has 0 amide bonds. The average molecular weight is 161 g/mol. The zero-order chi connectivity index (χ0) is 7.97. The molecular formula is C9H11N3. The molecule has 3 unspecified atom stereocenters. The van der Waals surface area contributed by atoms with Crippen LogP contribution in [0.4, 0.5) is 0 Å². The van der Waals surface area contributed by atoms with Crippen molar-refractivity contribution in [2.24, 2.45) is 0 Å². The van der Waals surface area contributed by atoms with Crippen LogP contribution in [0.3, 0.4) is 0 Å². The van der Waals surface area contributed by atoms with Crippen molar-refractivity contribution in [3.05, 3.63) is 24.3 Å². The Kier molecular flexibility index (Phi) is 1.23. The maximum atomic E-state index is 4.29. The van der Waals surface area contributed by atoms with E-state index in [2.05, 4.69) is 14.9 Å². The largest absolute Gasteiger partial charge is 0.289 e. The first-order chi connectivity index (χ1) is 5.95. The van der Waals surface area contributed by atoms with E-state index in [-0.39, 0.29) is 0 Å². The Balaban J connectivity index is 1.89. The molecule has 2 aliphatic heterocycles. The average Bonchev–Trinajstić information content (AvgIpc) is 2.80. The fourth-order valence-corrected chi connectivity index (χ4v) is 2.17. The number of fused-ring (bicyclic) bond motifs is 1. The molecule has 0 aliphatic carbocycles. The Morgan fingerprint density at radius 1 is 1.42 bits per heavy atom. The van der Waals surface area contributed by atoms with E-state index in [1.165, 1.54) is 25.1 Å². The fourth-order valence-electron chi connectivity index (χ4n) is 2.17. The molecule has 2 saturated heterocycles. The van der Waals surface area contributed by atoms with Crippen LogP contribution in [0.1, 0.15) is 24.6 Å². The van der Waals surface area contributed by atoms with Gasteiger partial charge in [0, 0.05) is 18.8 Å². The molecule has 12 heavy (non-hydrogen) atoms. The number of hydrogen-bond donors (Lipinski definition) is 0. The van der Waals surface area contributed by atoms with Gasteiger partial charge in [-0.05, 0) is 18.9 Å². The summed E-state index contributed by atoms with van der Waals surface area (Å²) in [5, 5.41) is 0. The van der Waals surface area contributed by atoms with Crippen LogP contribution in [0.15, 0.2) is 18.6 Å². The van der Waals surface area contributed by atoms with Gasteiger partial charge in [0.15, 0.2) is 0 Å². The van der Waals surface area contributed by atoms with Crippen LogP contribution < -0.4 is 0 Å². The van der Waals surface area contributed by atoms with Gasteiger partial charge in [-0.1, -0.05) is 0 Å². The Morgan fingerprint density at radius 3 is 3.00 bits per heavy atom. The van der Waals surface area contributed by atoms with E-state index in [0.717, 1.165) is 6.04 Å². The summed E-state index contributed by atoms with van der Waals surface area (Å²) in [7, 11) is 0. The number of nitrogens with zero attached hydrogens (tertiary/aromatic N) is 3. The molecule has 0 spiro atoms. The Labute approximate surface area is 71.4 Å². The van der Waals surface area contributed by atoms with Gasteiger partial charge in [-0.15, -0.1) is 0 Å². The Morgan fingerprint density at radius 2 is 2.42 bits per heavy atom. The van der Waals surface area contributed by atoms with Crippen LogP contribution in [-0.4, -0.2) is 27.5 Å². The molecular weight excluding hydrogens is 150 g/mol. The second-order valence-electron chi connectivity index (χ2n) is 3.58. The Hall–Kier alpha value is -0.960. The van der Waals surface area contributed by atoms with E-state index >= 15 is 0 Å². The summed E-state index contributed by atoms with van der Waals surface area (Å²) in [6.07, 6.45) is 6.11. The molecule has 1 aromatic rings. The number of aromatic nitrogens is 2. The van der Waals surface area contributed by atoms with Crippen molar-refractivity contribution >= 4 is 0 Å². The first kappa shape index (κ1) is 6.54. The lowest BCUT2D eigenvalue weighted by atomic mass is 10.1. The van der Waals surface area contributed by atoms with Crippen LogP contribution in [0.25, 0.3) is 0 Å². The van der Waals surface area contributed by atoms with Gasteiger partial charge >= 0.3 is 0 Å². The smallest absolute Gasteiger partial charge is 0.115 e. The second kappa shape index (κ2) is 2.26. The molecule has 0 N–H and O–H groups in total. The van der Waals surface area contributed by atoms with Gasteiger partial charge in [0.25, 0.3) is 0 Å². The predicted octanol–water partition coefficient (Wildman–Crippen LogP) is 0.996. The summed E-state index contributed by atoms with van der Waals surface area (Å²) in [5.74, 6) is 0. The first-order valence-electron chi connectivity index (χ1n) is 4.47. The summed E-state index contributed by atoms with van der Waals surface area (Å²) >= 11 is 0. The van der Waals surface area contributed by atoms with Crippen molar-refractivity contribution in [1.29, 1.82) is 0 Å². The van der Waals surface area contributed by atoms with Crippen LogP contribution in [0.5, 0.6) is 0 Å². The maximum Gasteiger partial charge on any atom is 0.115 e. The summed E-state index contributed by atoms with van der Waals surface area (Å²) in [6.45, 7) is 1.29. The minimum atomic E-state index is 0.595. The lowest BCUT2D eigenvalue weighted by Gasteiger charge is -2.10. The van der Waals surface area contributed by atoms with Gasteiger partial charge < -0.3 is 0 Å². The highest BCUT2D eigenvalue weighted by molar-refractivity contribution is 5.13. The number of piperidine rings is 1. The Bertz CT molecular complexity index is 285.